The van der Waals surface area contributed by atoms with Gasteiger partial charge in [0.2, 0.25) is 6.08 Å². The number of aromatic nitrogens is 4. The lowest BCUT2D eigenvalue weighted by Gasteiger charge is -2.22. The van der Waals surface area contributed by atoms with Gasteiger partial charge in [-0.05, 0) is 98.1 Å². The Morgan fingerprint density at radius 2 is 1.41 bits per heavy atom. The highest BCUT2D eigenvalue weighted by molar-refractivity contribution is 5.89. The van der Waals surface area contributed by atoms with Crippen LogP contribution < -0.4 is 21.8 Å². The van der Waals surface area contributed by atoms with Crippen LogP contribution in [0.2, 0.25) is 0 Å². The number of carbonyl (C=O) groups excluding carboxylic acids is 2. The number of aliphatic imine (C=N–C) groups is 1. The van der Waals surface area contributed by atoms with Crippen molar-refractivity contribution in [1.82, 2.24) is 30.2 Å². The molecule has 6 N–H and O–H groups in total. The second-order valence-corrected chi connectivity index (χ2v) is 12.5. The molecule has 6 rings (SSSR count). The zero-order chi connectivity index (χ0) is 39.0. The van der Waals surface area contributed by atoms with Crippen molar-refractivity contribution in [2.75, 3.05) is 31.6 Å². The van der Waals surface area contributed by atoms with Crippen molar-refractivity contribution in [3.8, 4) is 0 Å². The van der Waals surface area contributed by atoms with Crippen LogP contribution in [0.4, 0.5) is 16.2 Å². The Bertz CT molecular complexity index is 2340. The molecule has 2 aromatic carbocycles. The molecule has 0 fully saturated rings. The topological polar surface area (TPSA) is 206 Å². The van der Waals surface area contributed by atoms with E-state index in [1.165, 1.54) is 28.9 Å². The number of hydrogen-bond acceptors (Lipinski definition) is 10. The van der Waals surface area contributed by atoms with Gasteiger partial charge in [-0.25, -0.2) is 9.59 Å². The molecule has 4 heterocycles. The van der Waals surface area contributed by atoms with Gasteiger partial charge in [-0.3, -0.25) is 19.6 Å². The van der Waals surface area contributed by atoms with Crippen LogP contribution in [0.5, 0.6) is 0 Å². The van der Waals surface area contributed by atoms with Crippen LogP contribution in [0.25, 0.3) is 21.8 Å². The molecule has 6 aromatic rings. The van der Waals surface area contributed by atoms with Gasteiger partial charge in [0.25, 0.3) is 11.1 Å². The summed E-state index contributed by atoms with van der Waals surface area (Å²) >= 11 is 0. The number of rotatable bonds is 10. The molecule has 280 valence electrons. The normalized spacial score (nSPS) is 10.4. The zero-order valence-corrected chi connectivity index (χ0v) is 30.6. The summed E-state index contributed by atoms with van der Waals surface area (Å²) in [4.78, 5) is 64.9. The van der Waals surface area contributed by atoms with E-state index in [4.69, 9.17) is 5.11 Å². The number of aliphatic hydroxyl groups excluding tert-OH is 2. The van der Waals surface area contributed by atoms with Crippen molar-refractivity contribution in [3.63, 3.8) is 0 Å². The van der Waals surface area contributed by atoms with Gasteiger partial charge in [0.05, 0.1) is 54.6 Å². The standard InChI is InChI=1S/C20H22N4O3.C14H18N2O2.C6H4N2O/c1-13-8-14(2)18-15(9-13)10-16(19(26)23-18)12-24(6-7-25)20(27)22-17-4-3-5-21-11-17;1-9-5-10(2)13-11(6-9)7-12(14(18)16-13)8-15-3-4-17;9-5-8-6-2-1-3-7-4-6/h3-5,8-11,25H,6-7,12H2,1-2H3,(H,22,27)(H,23,26);5-7,15,17H,3-4,8H2,1-2H3,(H,16,18);1-4H. The first kappa shape index (κ1) is 40.5. The number of benzene rings is 2. The maximum absolute atomic E-state index is 12.6. The van der Waals surface area contributed by atoms with Crippen LogP contribution in [0.3, 0.4) is 0 Å². The van der Waals surface area contributed by atoms with Gasteiger partial charge < -0.3 is 35.7 Å². The minimum Gasteiger partial charge on any atom is -0.395 e. The van der Waals surface area contributed by atoms with E-state index in [2.05, 4.69) is 47.7 Å². The number of carbonyl (C=O) groups is 1. The largest absolute Gasteiger partial charge is 0.395 e. The van der Waals surface area contributed by atoms with Gasteiger partial charge in [0.15, 0.2) is 0 Å². The molecule has 54 heavy (non-hydrogen) atoms. The first-order chi connectivity index (χ1) is 26.0. The number of nitrogens with zero attached hydrogens (tertiary/aromatic N) is 4. The highest BCUT2D eigenvalue weighted by Crippen LogP contribution is 2.20. The minimum absolute atomic E-state index is 0.0695. The smallest absolute Gasteiger partial charge is 0.322 e. The SMILES string of the molecule is Cc1cc(C)c2[nH]c(=O)c(CN(CCO)C(=O)Nc3cccnc3)cc2c1.Cc1cc(C)c2[nH]c(=O)c(CNCCO)cc2c1.O=C=Nc1cccnc1. The van der Waals surface area contributed by atoms with E-state index in [0.717, 1.165) is 38.5 Å². The third-order valence-corrected chi connectivity index (χ3v) is 8.10. The molecule has 0 saturated heterocycles. The van der Waals surface area contributed by atoms with E-state index in [0.29, 0.717) is 35.6 Å². The fraction of sp³-hybridized carbons (Fsp3) is 0.250. The number of aryl methyl sites for hydroxylation is 4. The first-order valence-corrected chi connectivity index (χ1v) is 17.2. The molecule has 0 aliphatic carbocycles. The van der Waals surface area contributed by atoms with E-state index in [1.54, 1.807) is 42.7 Å². The van der Waals surface area contributed by atoms with Gasteiger partial charge >= 0.3 is 6.03 Å². The average molecular weight is 733 g/mol. The number of aromatic amines is 2. The molecule has 0 aliphatic heterocycles. The van der Waals surface area contributed by atoms with Gasteiger partial charge in [0, 0.05) is 43.2 Å². The summed E-state index contributed by atoms with van der Waals surface area (Å²) in [6.45, 7) is 9.01. The maximum Gasteiger partial charge on any atom is 0.322 e. The number of pyridine rings is 4. The third kappa shape index (κ3) is 11.6. The quantitative estimate of drug-likeness (QED) is 0.0647. The zero-order valence-electron chi connectivity index (χ0n) is 30.6. The summed E-state index contributed by atoms with van der Waals surface area (Å²) in [7, 11) is 0. The highest BCUT2D eigenvalue weighted by Gasteiger charge is 2.16. The van der Waals surface area contributed by atoms with Crippen molar-refractivity contribution < 1.29 is 19.8 Å². The number of hydrogen-bond donors (Lipinski definition) is 6. The summed E-state index contributed by atoms with van der Waals surface area (Å²) < 4.78 is 0. The fourth-order valence-corrected chi connectivity index (χ4v) is 5.71. The molecule has 14 heteroatoms. The molecule has 0 spiro atoms. The summed E-state index contributed by atoms with van der Waals surface area (Å²) in [5.74, 6) is 0. The average Bonchev–Trinajstić information content (AvgIpc) is 3.14. The molecule has 0 aliphatic rings. The Balaban J connectivity index is 0.000000205. The lowest BCUT2D eigenvalue weighted by Crippen LogP contribution is -2.38. The molecule has 0 radical (unpaired) electrons. The van der Waals surface area contributed by atoms with Crippen LogP contribution in [0.1, 0.15) is 33.4 Å². The van der Waals surface area contributed by atoms with E-state index in [9.17, 15) is 24.3 Å². The number of aliphatic hydroxyl groups is 2. The number of fused-ring (bicyclic) bond motifs is 2. The molecule has 14 nitrogen and oxygen atoms in total. The second kappa shape index (κ2) is 20.1. The minimum atomic E-state index is -0.406. The lowest BCUT2D eigenvalue weighted by molar-refractivity contribution is 0.185. The van der Waals surface area contributed by atoms with Crippen LogP contribution in [-0.2, 0) is 17.9 Å². The molecule has 0 saturated carbocycles. The van der Waals surface area contributed by atoms with E-state index in [1.807, 2.05) is 45.9 Å². The summed E-state index contributed by atoms with van der Waals surface area (Å²) in [5.41, 5.74) is 7.97. The molecule has 0 unspecified atom stereocenters. The van der Waals surface area contributed by atoms with Crippen LogP contribution in [-0.4, -0.2) is 73.5 Å². The number of anilines is 1. The maximum atomic E-state index is 12.6. The Morgan fingerprint density at radius 3 is 1.94 bits per heavy atom. The van der Waals surface area contributed by atoms with Crippen molar-refractivity contribution >= 4 is 45.3 Å². The van der Waals surface area contributed by atoms with Crippen LogP contribution in [0.15, 0.2) is 100 Å². The summed E-state index contributed by atoms with van der Waals surface area (Å²) in [5, 5.41) is 25.7. The molecular formula is C40H44N8O6. The molecule has 2 amide bonds. The Labute approximate surface area is 311 Å². The summed E-state index contributed by atoms with van der Waals surface area (Å²) in [6.07, 6.45) is 7.67. The van der Waals surface area contributed by atoms with Crippen LogP contribution in [0, 0.1) is 27.7 Å². The molecule has 4 aromatic heterocycles. The Morgan fingerprint density at radius 1 is 0.815 bits per heavy atom. The number of nitrogens with one attached hydrogen (secondary N) is 4. The Kier molecular flexibility index (Phi) is 15.0. The number of H-pyrrole nitrogens is 2. The van der Waals surface area contributed by atoms with E-state index >= 15 is 0 Å². The van der Waals surface area contributed by atoms with Gasteiger partial charge in [-0.2, -0.15) is 4.99 Å². The van der Waals surface area contributed by atoms with Gasteiger partial charge in [0.1, 0.15) is 0 Å². The molecule has 0 atom stereocenters. The Hall–Kier alpha value is -6.31. The van der Waals surface area contributed by atoms with Crippen LogP contribution >= 0.6 is 0 Å². The monoisotopic (exact) mass is 732 g/mol. The van der Waals surface area contributed by atoms with Crippen molar-refractivity contribution in [2.45, 2.75) is 40.8 Å². The predicted octanol–water partition coefficient (Wildman–Crippen LogP) is 4.84. The van der Waals surface area contributed by atoms with Crippen molar-refractivity contribution in [2.24, 2.45) is 4.99 Å². The van der Waals surface area contributed by atoms with Crippen molar-refractivity contribution in [1.29, 1.82) is 0 Å². The molecule has 0 bridgehead atoms. The molecular weight excluding hydrogens is 688 g/mol. The second-order valence-electron chi connectivity index (χ2n) is 12.5. The number of amides is 2. The van der Waals surface area contributed by atoms with Crippen molar-refractivity contribution in [3.05, 3.63) is 140 Å². The highest BCUT2D eigenvalue weighted by atomic mass is 16.3. The lowest BCUT2D eigenvalue weighted by atomic mass is 10.1. The van der Waals surface area contributed by atoms with E-state index in [-0.39, 0.29) is 37.4 Å². The van der Waals surface area contributed by atoms with Gasteiger partial charge in [-0.1, -0.05) is 23.3 Å². The predicted molar refractivity (Wildman–Crippen MR) is 210 cm³/mol. The fourth-order valence-electron chi connectivity index (χ4n) is 5.71. The first-order valence-electron chi connectivity index (χ1n) is 17.2. The third-order valence-electron chi connectivity index (χ3n) is 8.10. The van der Waals surface area contributed by atoms with E-state index < -0.39 is 6.03 Å². The number of isocyanates is 1. The summed E-state index contributed by atoms with van der Waals surface area (Å²) in [6, 6.07) is 18.3. The van der Waals surface area contributed by atoms with Gasteiger partial charge in [-0.15, -0.1) is 0 Å². The number of urea groups is 1.